The molecule has 2 heterocycles. The predicted molar refractivity (Wildman–Crippen MR) is 77.4 cm³/mol. The van der Waals surface area contributed by atoms with E-state index in [-0.39, 0.29) is 6.61 Å². The molecule has 2 aliphatic rings. The van der Waals surface area contributed by atoms with Crippen molar-refractivity contribution < 1.29 is 54.4 Å². The van der Waals surface area contributed by atoms with Crippen LogP contribution in [0.25, 0.3) is 0 Å². The first-order valence-corrected chi connectivity index (χ1v) is 8.28. The van der Waals surface area contributed by atoms with E-state index in [1.165, 1.54) is 0 Å². The van der Waals surface area contributed by atoms with Gasteiger partial charge in [0.2, 0.25) is 0 Å². The second-order valence-electron chi connectivity index (χ2n) is 5.80. The molecule has 0 aromatic heterocycles. The lowest BCUT2D eigenvalue weighted by Gasteiger charge is -2.45. The van der Waals surface area contributed by atoms with Gasteiger partial charge in [0.15, 0.2) is 12.6 Å². The van der Waals surface area contributed by atoms with E-state index in [0.29, 0.717) is 10.5 Å². The highest BCUT2D eigenvalue weighted by atomic mass is 28.2. The molecule has 12 heteroatoms. The van der Waals surface area contributed by atoms with Crippen LogP contribution in [0.2, 0.25) is 0 Å². The van der Waals surface area contributed by atoms with E-state index in [0.717, 1.165) is 0 Å². The molecule has 0 spiro atoms. The van der Waals surface area contributed by atoms with Crippen molar-refractivity contribution in [2.24, 2.45) is 0 Å². The molecule has 2 aliphatic heterocycles. The minimum absolute atomic E-state index is 0.0362. The fourth-order valence-corrected chi connectivity index (χ4v) is 3.05. The minimum atomic E-state index is -1.71. The van der Waals surface area contributed by atoms with Gasteiger partial charge in [0, 0.05) is 0 Å². The zero-order chi connectivity index (χ0) is 18.0. The summed E-state index contributed by atoms with van der Waals surface area (Å²) in [6.07, 6.45) is -14.7. The molecule has 2 rings (SSSR count). The van der Waals surface area contributed by atoms with Crippen LogP contribution in [0.1, 0.15) is 0 Å². The summed E-state index contributed by atoms with van der Waals surface area (Å²) in [7, 11) is 0.362. The average molecular weight is 372 g/mol. The molecule has 0 aromatic rings. The first-order valence-electron chi connectivity index (χ1n) is 7.46. The molecule has 0 aromatic carbocycles. The van der Waals surface area contributed by atoms with Crippen molar-refractivity contribution in [2.45, 2.75) is 61.4 Å². The van der Waals surface area contributed by atoms with Gasteiger partial charge in [-0.25, -0.2) is 0 Å². The zero-order valence-electron chi connectivity index (χ0n) is 13.0. The van der Waals surface area contributed by atoms with Crippen LogP contribution >= 0.6 is 0 Å². The molecule has 0 amide bonds. The summed E-state index contributed by atoms with van der Waals surface area (Å²) < 4.78 is 20.6. The van der Waals surface area contributed by atoms with Gasteiger partial charge in [0.25, 0.3) is 0 Å². The van der Waals surface area contributed by atoms with Gasteiger partial charge in [0.05, 0.1) is 13.2 Å². The highest BCUT2D eigenvalue weighted by Gasteiger charge is 2.50. The van der Waals surface area contributed by atoms with Crippen LogP contribution in [0.15, 0.2) is 0 Å². The quantitative estimate of drug-likeness (QED) is 0.228. The van der Waals surface area contributed by atoms with Gasteiger partial charge in [-0.3, -0.25) is 0 Å². The van der Waals surface area contributed by atoms with E-state index in [4.69, 9.17) is 18.6 Å². The van der Waals surface area contributed by atoms with Crippen molar-refractivity contribution in [1.29, 1.82) is 0 Å². The molecule has 10 atom stereocenters. The first kappa shape index (κ1) is 20.1. The smallest absolute Gasteiger partial charge is 0.187 e. The zero-order valence-corrected chi connectivity index (χ0v) is 15.0. The Labute approximate surface area is 140 Å². The Morgan fingerprint density at radius 1 is 0.792 bits per heavy atom. The van der Waals surface area contributed by atoms with E-state index in [1.54, 1.807) is 0 Å². The Morgan fingerprint density at radius 2 is 1.46 bits per heavy atom. The lowest BCUT2D eigenvalue weighted by Crippen LogP contribution is -2.64. The largest absolute Gasteiger partial charge is 0.425 e. The van der Waals surface area contributed by atoms with Crippen molar-refractivity contribution in [1.82, 2.24) is 0 Å². The SMILES string of the molecule is OC[C@H]1O[C@H](O)[C@H](O)[C@@H](O)[C@@H]1O[C@@H]1O[C@H](CO[SiH3])[C@H](O)[C@H](O)[C@H]1O. The maximum atomic E-state index is 10.0. The van der Waals surface area contributed by atoms with E-state index in [1.807, 2.05) is 0 Å². The Kier molecular flexibility index (Phi) is 7.07. The maximum Gasteiger partial charge on any atom is 0.187 e. The fraction of sp³-hybridized carbons (Fsp3) is 1.00. The second kappa shape index (κ2) is 8.44. The molecule has 0 radical (unpaired) electrons. The van der Waals surface area contributed by atoms with Gasteiger partial charge in [-0.05, 0) is 0 Å². The number of aliphatic hydroxyl groups is 7. The van der Waals surface area contributed by atoms with Gasteiger partial charge in [-0.1, -0.05) is 0 Å². The van der Waals surface area contributed by atoms with E-state index >= 15 is 0 Å². The molecule has 0 aliphatic carbocycles. The maximum absolute atomic E-state index is 10.0. The van der Waals surface area contributed by atoms with Crippen LogP contribution in [0.4, 0.5) is 0 Å². The highest BCUT2D eigenvalue weighted by molar-refractivity contribution is 5.97. The van der Waals surface area contributed by atoms with Crippen molar-refractivity contribution in [2.75, 3.05) is 13.2 Å². The third-order valence-corrected chi connectivity index (χ3v) is 4.46. The molecule has 2 saturated heterocycles. The van der Waals surface area contributed by atoms with Crippen LogP contribution in [-0.2, 0) is 18.6 Å². The number of hydrogen-bond donors (Lipinski definition) is 7. The van der Waals surface area contributed by atoms with Gasteiger partial charge >= 0.3 is 0 Å². The van der Waals surface area contributed by atoms with Crippen LogP contribution < -0.4 is 0 Å². The lowest BCUT2D eigenvalue weighted by molar-refractivity contribution is -0.354. The van der Waals surface area contributed by atoms with E-state index in [9.17, 15) is 35.7 Å². The standard InChI is InChI=1S/C12H24O11Si/c13-1-3-10(7(16)8(17)11(19)21-3)23-12-9(18)6(15)5(14)4(22-12)2-20-24/h3-19H,1-2H2,24H3/t3-,4-,5+,6+,7-,8-,9-,10-,11+,12+/m1/s1. The molecular weight excluding hydrogens is 348 g/mol. The Morgan fingerprint density at radius 3 is 2.04 bits per heavy atom. The number of hydrogen-bond acceptors (Lipinski definition) is 11. The summed E-state index contributed by atoms with van der Waals surface area (Å²) in [6, 6.07) is 0. The molecule has 2 fully saturated rings. The molecule has 24 heavy (non-hydrogen) atoms. The third kappa shape index (κ3) is 3.95. The van der Waals surface area contributed by atoms with Crippen LogP contribution in [0.5, 0.6) is 0 Å². The van der Waals surface area contributed by atoms with Crippen molar-refractivity contribution >= 4 is 10.5 Å². The molecule has 0 saturated carbocycles. The van der Waals surface area contributed by atoms with Gasteiger partial charge < -0.3 is 54.4 Å². The molecular formula is C12H24O11Si. The van der Waals surface area contributed by atoms with Crippen LogP contribution in [0, 0.1) is 0 Å². The third-order valence-electron chi connectivity index (χ3n) is 4.13. The van der Waals surface area contributed by atoms with Gasteiger partial charge in [-0.15, -0.1) is 0 Å². The summed E-state index contributed by atoms with van der Waals surface area (Å²) in [5.74, 6) is 0. The normalized spacial score (nSPS) is 50.1. The fourth-order valence-electron chi connectivity index (χ4n) is 2.72. The molecule has 142 valence electrons. The number of aliphatic hydroxyl groups excluding tert-OH is 7. The predicted octanol–water partition coefficient (Wildman–Crippen LogP) is -6.09. The number of ether oxygens (including phenoxy) is 3. The average Bonchev–Trinajstić information content (AvgIpc) is 2.57. The highest BCUT2D eigenvalue weighted by Crippen LogP contribution is 2.28. The Hall–Kier alpha value is -0.223. The Balaban J connectivity index is 2.11. The molecule has 7 N–H and O–H groups in total. The summed E-state index contributed by atoms with van der Waals surface area (Å²) >= 11 is 0. The summed E-state index contributed by atoms with van der Waals surface area (Å²) in [6.45, 7) is -0.682. The Bertz CT molecular complexity index is 399. The monoisotopic (exact) mass is 372 g/mol. The molecule has 0 bridgehead atoms. The summed E-state index contributed by atoms with van der Waals surface area (Å²) in [5, 5.41) is 68.2. The van der Waals surface area contributed by atoms with Gasteiger partial charge in [0.1, 0.15) is 59.3 Å². The van der Waals surface area contributed by atoms with Crippen LogP contribution in [0.3, 0.4) is 0 Å². The second-order valence-corrected chi connectivity index (χ2v) is 6.38. The van der Waals surface area contributed by atoms with E-state index in [2.05, 4.69) is 0 Å². The minimum Gasteiger partial charge on any atom is -0.425 e. The van der Waals surface area contributed by atoms with Crippen molar-refractivity contribution in [3.63, 3.8) is 0 Å². The first-order chi connectivity index (χ1) is 11.3. The number of rotatable bonds is 5. The molecule has 0 unspecified atom stereocenters. The summed E-state index contributed by atoms with van der Waals surface area (Å²) in [5.41, 5.74) is 0. The van der Waals surface area contributed by atoms with Gasteiger partial charge in [-0.2, -0.15) is 0 Å². The molecule has 11 nitrogen and oxygen atoms in total. The van der Waals surface area contributed by atoms with E-state index < -0.39 is 68.0 Å². The lowest BCUT2D eigenvalue weighted by atomic mass is 9.97. The van der Waals surface area contributed by atoms with Crippen LogP contribution in [-0.4, -0.2) is 121 Å². The summed E-state index contributed by atoms with van der Waals surface area (Å²) in [4.78, 5) is 0. The van der Waals surface area contributed by atoms with Crippen molar-refractivity contribution in [3.8, 4) is 0 Å². The van der Waals surface area contributed by atoms with Crippen molar-refractivity contribution in [3.05, 3.63) is 0 Å². The topological polar surface area (TPSA) is 179 Å².